The van der Waals surface area contributed by atoms with Crippen molar-refractivity contribution in [1.29, 1.82) is 0 Å². The van der Waals surface area contributed by atoms with Gasteiger partial charge in [-0.05, 0) is 0 Å². The first kappa shape index (κ1) is 9.76. The summed E-state index contributed by atoms with van der Waals surface area (Å²) in [7, 11) is 3.09. The monoisotopic (exact) mass is 161 g/mol. The Balaban J connectivity index is 0. The van der Waals surface area contributed by atoms with Crippen LogP contribution in [0.3, 0.4) is 0 Å². The first-order valence-electron chi connectivity index (χ1n) is 1.31. The van der Waals surface area contributed by atoms with Crippen LogP contribution in [0.2, 0.25) is 0 Å². The van der Waals surface area contributed by atoms with E-state index in [1.165, 1.54) is 6.92 Å². The minimum absolute atomic E-state index is 0. The fourth-order valence-electron chi connectivity index (χ4n) is 0. The largest absolute Gasteiger partial charge is 0.509 e. The summed E-state index contributed by atoms with van der Waals surface area (Å²) >= 11 is 0. The van der Waals surface area contributed by atoms with Crippen molar-refractivity contribution in [3.8, 4) is 0 Å². The molecule has 0 saturated carbocycles. The number of carbonyl (C=O) groups is 1. The van der Waals surface area contributed by atoms with Gasteiger partial charge in [-0.1, -0.05) is 0 Å². The molecule has 0 fully saturated rings. The number of amides is 1. The topological polar surface area (TPSA) is 29.1 Å². The molecule has 0 aliphatic carbocycles. The van der Waals surface area contributed by atoms with Gasteiger partial charge in [-0.25, -0.2) is 0 Å². The maximum atomic E-state index is 9.64. The third-order valence-corrected chi connectivity index (χ3v) is 0.249. The van der Waals surface area contributed by atoms with Crippen molar-refractivity contribution in [2.24, 2.45) is 0 Å². The van der Waals surface area contributed by atoms with Gasteiger partial charge in [0.2, 0.25) is 0 Å². The Labute approximate surface area is 62.6 Å². The van der Waals surface area contributed by atoms with E-state index in [1.54, 1.807) is 0 Å². The van der Waals surface area contributed by atoms with E-state index in [0.717, 1.165) is 0 Å². The maximum absolute atomic E-state index is 9.64. The molecule has 0 rings (SSSR count). The molecule has 0 aliphatic rings. The van der Waals surface area contributed by atoms with Gasteiger partial charge in [-0.15, -0.1) is 0 Å². The summed E-state index contributed by atoms with van der Waals surface area (Å²) in [6.45, 7) is 1.41. The number of rotatable bonds is 0. The number of carbonyl (C=O) groups excluding carboxylic acids is 1. The maximum Gasteiger partial charge on any atom is 0.187 e. The van der Waals surface area contributed by atoms with Crippen LogP contribution in [0.15, 0.2) is 0 Å². The molecule has 1 radical (unpaired) electrons. The molecular formula is C3H6NOY-. The standard InChI is InChI=1S/C3H6NO.Y/c1-3(5)4-2;/h2H2,1H3,(H,4,5);/q-1;. The van der Waals surface area contributed by atoms with Gasteiger partial charge in [-0.3, -0.25) is 11.8 Å². The second-order valence-corrected chi connectivity index (χ2v) is 0.733. The van der Waals surface area contributed by atoms with Crippen LogP contribution in [-0.2, 0) is 37.5 Å². The zero-order valence-corrected chi connectivity index (χ0v) is 6.53. The Bertz CT molecular complexity index is 46.1. The molecule has 0 unspecified atom stereocenters. The fraction of sp³-hybridized carbons (Fsp3) is 0.333. The van der Waals surface area contributed by atoms with Crippen molar-refractivity contribution in [3.05, 3.63) is 7.05 Å². The molecule has 33 valence electrons. The van der Waals surface area contributed by atoms with Gasteiger partial charge in [0.25, 0.3) is 0 Å². The normalized spacial score (nSPS) is 5.67. The minimum Gasteiger partial charge on any atom is -0.509 e. The predicted octanol–water partition coefficient (Wildman–Crippen LogP) is -0.0884. The zero-order valence-electron chi connectivity index (χ0n) is 3.69. The Kier molecular flexibility index (Phi) is 9.07. The van der Waals surface area contributed by atoms with Crippen LogP contribution in [-0.4, -0.2) is 5.91 Å². The SMILES string of the molecule is [CH2-]NC(C)=O.[Y]. The van der Waals surface area contributed by atoms with Crippen molar-refractivity contribution in [1.82, 2.24) is 5.32 Å². The third kappa shape index (κ3) is 8.82. The summed E-state index contributed by atoms with van der Waals surface area (Å²) in [4.78, 5) is 9.64. The average Bonchev–Trinajstić information content (AvgIpc) is 1.38. The molecule has 0 aromatic heterocycles. The first-order chi connectivity index (χ1) is 2.27. The minimum atomic E-state index is -0.106. The van der Waals surface area contributed by atoms with Crippen molar-refractivity contribution < 1.29 is 37.5 Å². The van der Waals surface area contributed by atoms with Crippen LogP contribution in [0.1, 0.15) is 6.92 Å². The molecule has 0 aliphatic heterocycles. The average molecular weight is 161 g/mol. The summed E-state index contributed by atoms with van der Waals surface area (Å²) in [5.41, 5.74) is 0. The number of hydrogen-bond donors (Lipinski definition) is 1. The molecule has 3 heteroatoms. The predicted molar refractivity (Wildman–Crippen MR) is 19.2 cm³/mol. The van der Waals surface area contributed by atoms with E-state index >= 15 is 0 Å². The molecule has 0 aromatic rings. The molecule has 6 heavy (non-hydrogen) atoms. The van der Waals surface area contributed by atoms with E-state index in [-0.39, 0.29) is 38.6 Å². The Morgan fingerprint density at radius 1 is 1.83 bits per heavy atom. The van der Waals surface area contributed by atoms with Crippen molar-refractivity contribution in [2.75, 3.05) is 0 Å². The van der Waals surface area contributed by atoms with Gasteiger partial charge in [0.1, 0.15) is 0 Å². The van der Waals surface area contributed by atoms with Gasteiger partial charge in [0.15, 0.2) is 5.91 Å². The molecule has 0 aromatic carbocycles. The molecule has 0 bridgehead atoms. The first-order valence-corrected chi connectivity index (χ1v) is 1.31. The van der Waals surface area contributed by atoms with E-state index in [0.29, 0.717) is 0 Å². The molecule has 0 atom stereocenters. The summed E-state index contributed by atoms with van der Waals surface area (Å²) in [5, 5.41) is 2.14. The van der Waals surface area contributed by atoms with Crippen LogP contribution < -0.4 is 5.32 Å². The Morgan fingerprint density at radius 3 is 2.00 bits per heavy atom. The fourth-order valence-corrected chi connectivity index (χ4v) is 0. The molecule has 2 nitrogen and oxygen atoms in total. The van der Waals surface area contributed by atoms with Crippen molar-refractivity contribution in [2.45, 2.75) is 6.92 Å². The second-order valence-electron chi connectivity index (χ2n) is 0.733. The molecule has 1 amide bonds. The summed E-state index contributed by atoms with van der Waals surface area (Å²) in [6, 6.07) is 0. The molecule has 0 saturated heterocycles. The molecule has 1 N–H and O–H groups in total. The van der Waals surface area contributed by atoms with Gasteiger partial charge >= 0.3 is 0 Å². The molecular weight excluding hydrogens is 155 g/mol. The summed E-state index contributed by atoms with van der Waals surface area (Å²) in [5.74, 6) is -0.106. The van der Waals surface area contributed by atoms with Crippen molar-refractivity contribution in [3.63, 3.8) is 0 Å². The van der Waals surface area contributed by atoms with Crippen LogP contribution in [0.25, 0.3) is 0 Å². The van der Waals surface area contributed by atoms with E-state index in [9.17, 15) is 4.79 Å². The van der Waals surface area contributed by atoms with Crippen LogP contribution >= 0.6 is 0 Å². The number of nitrogens with one attached hydrogen (secondary N) is 1. The molecule has 0 heterocycles. The number of hydrogen-bond acceptors (Lipinski definition) is 1. The van der Waals surface area contributed by atoms with Gasteiger partial charge in [0.05, 0.1) is 0 Å². The third-order valence-electron chi connectivity index (χ3n) is 0.249. The smallest absolute Gasteiger partial charge is 0.187 e. The van der Waals surface area contributed by atoms with E-state index in [1.807, 2.05) is 0 Å². The quantitative estimate of drug-likeness (QED) is 0.494. The van der Waals surface area contributed by atoms with Crippen molar-refractivity contribution >= 4 is 5.91 Å². The Morgan fingerprint density at radius 2 is 2.00 bits per heavy atom. The Hall–Kier alpha value is 0.574. The van der Waals surface area contributed by atoms with E-state index in [2.05, 4.69) is 12.4 Å². The van der Waals surface area contributed by atoms with Gasteiger partial charge < -0.3 is 5.32 Å². The van der Waals surface area contributed by atoms with Crippen LogP contribution in [0.5, 0.6) is 0 Å². The zero-order chi connectivity index (χ0) is 4.28. The molecule has 0 spiro atoms. The summed E-state index contributed by atoms with van der Waals surface area (Å²) < 4.78 is 0. The van der Waals surface area contributed by atoms with Crippen LogP contribution in [0, 0.1) is 7.05 Å². The summed E-state index contributed by atoms with van der Waals surface area (Å²) in [6.07, 6.45) is 0. The van der Waals surface area contributed by atoms with Gasteiger partial charge in [0, 0.05) is 39.6 Å². The van der Waals surface area contributed by atoms with E-state index < -0.39 is 0 Å². The van der Waals surface area contributed by atoms with Gasteiger partial charge in [-0.2, -0.15) is 0 Å². The van der Waals surface area contributed by atoms with Crippen LogP contribution in [0.4, 0.5) is 0 Å². The second kappa shape index (κ2) is 5.57. The van der Waals surface area contributed by atoms with E-state index in [4.69, 9.17) is 0 Å².